The molecule has 0 atom stereocenters. The molecule has 0 radical (unpaired) electrons. The van der Waals surface area contributed by atoms with Crippen molar-refractivity contribution in [2.24, 2.45) is 5.73 Å². The Kier molecular flexibility index (Phi) is 4.30. The molecule has 15 heavy (non-hydrogen) atoms. The van der Waals surface area contributed by atoms with Crippen LogP contribution in [0.15, 0.2) is 24.3 Å². The van der Waals surface area contributed by atoms with Crippen molar-refractivity contribution in [3.63, 3.8) is 0 Å². The number of aryl methyl sites for hydroxylation is 1. The minimum Gasteiger partial charge on any atom is -0.329 e. The summed E-state index contributed by atoms with van der Waals surface area (Å²) in [5, 5.41) is 3.45. The third-order valence-corrected chi connectivity index (χ3v) is 2.61. The quantitative estimate of drug-likeness (QED) is 0.772. The first-order valence-electron chi connectivity index (χ1n) is 5.54. The highest BCUT2D eigenvalue weighted by atomic mass is 15.0. The van der Waals surface area contributed by atoms with Gasteiger partial charge in [0.2, 0.25) is 0 Å². The van der Waals surface area contributed by atoms with E-state index >= 15 is 0 Å². The van der Waals surface area contributed by atoms with Crippen LogP contribution in [0.25, 0.3) is 0 Å². The van der Waals surface area contributed by atoms with E-state index in [9.17, 15) is 0 Å². The zero-order chi connectivity index (χ0) is 11.3. The molecule has 0 bridgehead atoms. The van der Waals surface area contributed by atoms with Crippen LogP contribution >= 0.6 is 0 Å². The molecule has 0 spiro atoms. The molecule has 0 aliphatic rings. The molecule has 0 unspecified atom stereocenters. The van der Waals surface area contributed by atoms with Gasteiger partial charge in [-0.25, -0.2) is 0 Å². The fourth-order valence-corrected chi connectivity index (χ4v) is 1.49. The molecule has 1 rings (SSSR count). The Balaban J connectivity index is 2.38. The number of nitrogens with two attached hydrogens (primary N) is 1. The van der Waals surface area contributed by atoms with Crippen LogP contribution in [0, 0.1) is 6.92 Å². The maximum atomic E-state index is 5.65. The molecule has 1 aromatic rings. The summed E-state index contributed by atoms with van der Waals surface area (Å²) < 4.78 is 0. The number of rotatable bonds is 5. The highest BCUT2D eigenvalue weighted by Gasteiger charge is 2.12. The molecule has 0 amide bonds. The summed E-state index contributed by atoms with van der Waals surface area (Å²) in [4.78, 5) is 0. The average Bonchev–Trinajstić information content (AvgIpc) is 2.18. The summed E-state index contributed by atoms with van der Waals surface area (Å²) in [6.45, 7) is 8.03. The molecule has 0 aliphatic heterocycles. The SMILES string of the molecule is Cc1cccc(CCNC(C)(C)CN)c1. The Morgan fingerprint density at radius 1 is 1.33 bits per heavy atom. The monoisotopic (exact) mass is 206 g/mol. The third-order valence-electron chi connectivity index (χ3n) is 2.61. The molecule has 0 heterocycles. The van der Waals surface area contributed by atoms with E-state index in [-0.39, 0.29) is 5.54 Å². The summed E-state index contributed by atoms with van der Waals surface area (Å²) in [6.07, 6.45) is 1.06. The van der Waals surface area contributed by atoms with E-state index in [1.54, 1.807) is 0 Å². The maximum absolute atomic E-state index is 5.65. The third kappa shape index (κ3) is 4.45. The van der Waals surface area contributed by atoms with Crippen LogP contribution < -0.4 is 11.1 Å². The van der Waals surface area contributed by atoms with Crippen molar-refractivity contribution < 1.29 is 0 Å². The van der Waals surface area contributed by atoms with Crippen molar-refractivity contribution in [3.8, 4) is 0 Å². The summed E-state index contributed by atoms with van der Waals surface area (Å²) in [5.74, 6) is 0. The van der Waals surface area contributed by atoms with Crippen LogP contribution in [0.1, 0.15) is 25.0 Å². The minimum absolute atomic E-state index is 0.0455. The minimum atomic E-state index is 0.0455. The Bertz CT molecular complexity index is 305. The van der Waals surface area contributed by atoms with Crippen molar-refractivity contribution in [1.29, 1.82) is 0 Å². The van der Waals surface area contributed by atoms with E-state index in [1.165, 1.54) is 11.1 Å². The van der Waals surface area contributed by atoms with Crippen molar-refractivity contribution >= 4 is 0 Å². The Morgan fingerprint density at radius 3 is 2.67 bits per heavy atom. The highest BCUT2D eigenvalue weighted by Crippen LogP contribution is 2.05. The summed E-state index contributed by atoms with van der Waals surface area (Å²) in [7, 11) is 0. The fourth-order valence-electron chi connectivity index (χ4n) is 1.49. The summed E-state index contributed by atoms with van der Waals surface area (Å²) >= 11 is 0. The Labute approximate surface area is 92.9 Å². The van der Waals surface area contributed by atoms with Gasteiger partial charge in [-0.1, -0.05) is 29.8 Å². The summed E-state index contributed by atoms with van der Waals surface area (Å²) in [6, 6.07) is 8.64. The predicted octanol–water partition coefficient (Wildman–Crippen LogP) is 1.86. The van der Waals surface area contributed by atoms with Gasteiger partial charge in [0.25, 0.3) is 0 Å². The van der Waals surface area contributed by atoms with Gasteiger partial charge in [0.1, 0.15) is 0 Å². The van der Waals surface area contributed by atoms with Gasteiger partial charge >= 0.3 is 0 Å². The smallest absolute Gasteiger partial charge is 0.0247 e. The van der Waals surface area contributed by atoms with Gasteiger partial charge in [0, 0.05) is 12.1 Å². The molecule has 3 N–H and O–H groups in total. The van der Waals surface area contributed by atoms with Crippen molar-refractivity contribution in [2.75, 3.05) is 13.1 Å². The molecule has 0 saturated heterocycles. The van der Waals surface area contributed by atoms with E-state index in [2.05, 4.69) is 50.4 Å². The first kappa shape index (κ1) is 12.2. The van der Waals surface area contributed by atoms with Crippen LogP contribution in [0.2, 0.25) is 0 Å². The van der Waals surface area contributed by atoms with Crippen LogP contribution in [0.3, 0.4) is 0 Å². The van der Waals surface area contributed by atoms with Gasteiger partial charge in [-0.3, -0.25) is 0 Å². The molecule has 2 nitrogen and oxygen atoms in total. The van der Waals surface area contributed by atoms with E-state index in [0.717, 1.165) is 13.0 Å². The van der Waals surface area contributed by atoms with E-state index < -0.39 is 0 Å². The lowest BCUT2D eigenvalue weighted by molar-refractivity contribution is 0.402. The predicted molar refractivity (Wildman–Crippen MR) is 66.0 cm³/mol. The fraction of sp³-hybridized carbons (Fsp3) is 0.538. The topological polar surface area (TPSA) is 38.0 Å². The lowest BCUT2D eigenvalue weighted by Gasteiger charge is -2.24. The number of hydrogen-bond acceptors (Lipinski definition) is 2. The van der Waals surface area contributed by atoms with Crippen LogP contribution in [-0.4, -0.2) is 18.6 Å². The first-order chi connectivity index (χ1) is 7.03. The molecule has 0 aromatic heterocycles. The zero-order valence-corrected chi connectivity index (χ0v) is 10.0. The van der Waals surface area contributed by atoms with Gasteiger partial charge in [-0.2, -0.15) is 0 Å². The first-order valence-corrected chi connectivity index (χ1v) is 5.54. The van der Waals surface area contributed by atoms with E-state index in [0.29, 0.717) is 6.54 Å². The summed E-state index contributed by atoms with van der Waals surface area (Å²) in [5.41, 5.74) is 8.40. The molecule has 0 saturated carbocycles. The number of benzene rings is 1. The van der Waals surface area contributed by atoms with E-state index in [1.807, 2.05) is 0 Å². The Hall–Kier alpha value is -0.860. The molecule has 0 fully saturated rings. The molecule has 84 valence electrons. The second kappa shape index (κ2) is 5.29. The molecular formula is C13H22N2. The van der Waals surface area contributed by atoms with Crippen LogP contribution in [-0.2, 0) is 6.42 Å². The normalized spacial score (nSPS) is 11.7. The van der Waals surface area contributed by atoms with Gasteiger partial charge in [-0.05, 0) is 39.3 Å². The lowest BCUT2D eigenvalue weighted by Crippen LogP contribution is -2.46. The van der Waals surface area contributed by atoms with Gasteiger partial charge < -0.3 is 11.1 Å². The number of hydrogen-bond donors (Lipinski definition) is 2. The largest absolute Gasteiger partial charge is 0.329 e. The number of nitrogens with one attached hydrogen (secondary N) is 1. The average molecular weight is 206 g/mol. The molecule has 0 aliphatic carbocycles. The lowest BCUT2D eigenvalue weighted by atomic mass is 10.0. The standard InChI is InChI=1S/C13H22N2/c1-11-5-4-6-12(9-11)7-8-15-13(2,3)10-14/h4-6,9,15H,7-8,10,14H2,1-3H3. The zero-order valence-electron chi connectivity index (χ0n) is 10.0. The van der Waals surface area contributed by atoms with Crippen molar-refractivity contribution in [3.05, 3.63) is 35.4 Å². The van der Waals surface area contributed by atoms with Gasteiger partial charge in [-0.15, -0.1) is 0 Å². The van der Waals surface area contributed by atoms with E-state index in [4.69, 9.17) is 5.73 Å². The van der Waals surface area contributed by atoms with Crippen LogP contribution in [0.4, 0.5) is 0 Å². The highest BCUT2D eigenvalue weighted by molar-refractivity contribution is 5.22. The maximum Gasteiger partial charge on any atom is 0.0247 e. The van der Waals surface area contributed by atoms with Crippen LogP contribution in [0.5, 0.6) is 0 Å². The van der Waals surface area contributed by atoms with Gasteiger partial charge in [0.15, 0.2) is 0 Å². The second-order valence-electron chi connectivity index (χ2n) is 4.75. The Morgan fingerprint density at radius 2 is 2.07 bits per heavy atom. The molecule has 1 aromatic carbocycles. The molecule has 2 heteroatoms. The van der Waals surface area contributed by atoms with Crippen molar-refractivity contribution in [1.82, 2.24) is 5.32 Å². The van der Waals surface area contributed by atoms with Gasteiger partial charge in [0.05, 0.1) is 0 Å². The van der Waals surface area contributed by atoms with Crippen molar-refractivity contribution in [2.45, 2.75) is 32.7 Å². The second-order valence-corrected chi connectivity index (χ2v) is 4.75. The molecular weight excluding hydrogens is 184 g/mol.